The maximum Gasteiger partial charge on any atom is 0.311 e. The predicted molar refractivity (Wildman–Crippen MR) is 42.4 cm³/mol. The van der Waals surface area contributed by atoms with Crippen molar-refractivity contribution in [1.82, 2.24) is 0 Å². The second-order valence-electron chi connectivity index (χ2n) is 3.21. The molecule has 3 atom stereocenters. The van der Waals surface area contributed by atoms with Crippen molar-refractivity contribution >= 4 is 17.9 Å². The van der Waals surface area contributed by atoms with Gasteiger partial charge >= 0.3 is 17.9 Å². The largest absolute Gasteiger partial charge is 0.481 e. The van der Waals surface area contributed by atoms with E-state index in [1.165, 1.54) is 6.92 Å². The Kier molecular flexibility index (Phi) is 2.73. The summed E-state index contributed by atoms with van der Waals surface area (Å²) in [5.74, 6) is -5.27. The van der Waals surface area contributed by atoms with E-state index in [9.17, 15) is 14.4 Å². The predicted octanol–water partition coefficient (Wildman–Crippen LogP) is -0.277. The normalized spacial score (nSPS) is 31.2. The van der Waals surface area contributed by atoms with E-state index < -0.39 is 42.3 Å². The smallest absolute Gasteiger partial charge is 0.311 e. The van der Waals surface area contributed by atoms with Crippen LogP contribution in [0.4, 0.5) is 0 Å². The summed E-state index contributed by atoms with van der Waals surface area (Å²) in [6.07, 6.45) is -1.26. The fourth-order valence-electron chi connectivity index (χ4n) is 1.59. The van der Waals surface area contributed by atoms with Crippen molar-refractivity contribution in [3.05, 3.63) is 0 Å². The summed E-state index contributed by atoms with van der Waals surface area (Å²) in [5.41, 5.74) is 0. The van der Waals surface area contributed by atoms with Crippen LogP contribution in [0.15, 0.2) is 0 Å². The SMILES string of the molecule is CC1OC(=O)C(CC(=O)O)C1C(=O)O. The third-order valence-corrected chi connectivity index (χ3v) is 2.22. The summed E-state index contributed by atoms with van der Waals surface area (Å²) in [6, 6.07) is 0. The molecule has 1 fully saturated rings. The van der Waals surface area contributed by atoms with Crippen LogP contribution in [0.1, 0.15) is 13.3 Å². The van der Waals surface area contributed by atoms with Crippen molar-refractivity contribution in [2.75, 3.05) is 0 Å². The number of rotatable bonds is 3. The molecule has 0 spiro atoms. The first-order valence-electron chi connectivity index (χ1n) is 4.08. The van der Waals surface area contributed by atoms with E-state index in [-0.39, 0.29) is 0 Å². The van der Waals surface area contributed by atoms with Gasteiger partial charge in [0.05, 0.1) is 12.3 Å². The van der Waals surface area contributed by atoms with Crippen LogP contribution in [-0.4, -0.2) is 34.2 Å². The summed E-state index contributed by atoms with van der Waals surface area (Å²) < 4.78 is 4.67. The molecule has 3 unspecified atom stereocenters. The van der Waals surface area contributed by atoms with Gasteiger partial charge in [-0.05, 0) is 6.92 Å². The van der Waals surface area contributed by atoms with Crippen LogP contribution in [0, 0.1) is 11.8 Å². The Morgan fingerprint density at radius 2 is 2.00 bits per heavy atom. The number of hydrogen-bond acceptors (Lipinski definition) is 4. The van der Waals surface area contributed by atoms with Crippen LogP contribution < -0.4 is 0 Å². The first kappa shape index (κ1) is 10.5. The first-order chi connectivity index (χ1) is 6.43. The number of ether oxygens (including phenoxy) is 1. The van der Waals surface area contributed by atoms with Crippen molar-refractivity contribution < 1.29 is 29.3 Å². The number of cyclic esters (lactones) is 1. The highest BCUT2D eigenvalue weighted by molar-refractivity contribution is 5.87. The van der Waals surface area contributed by atoms with Crippen LogP contribution in [0.5, 0.6) is 0 Å². The zero-order chi connectivity index (χ0) is 10.9. The molecular weight excluding hydrogens is 192 g/mol. The Hall–Kier alpha value is -1.59. The minimum Gasteiger partial charge on any atom is -0.481 e. The summed E-state index contributed by atoms with van der Waals surface area (Å²) >= 11 is 0. The summed E-state index contributed by atoms with van der Waals surface area (Å²) in [6.45, 7) is 1.44. The molecule has 6 heteroatoms. The minimum absolute atomic E-state index is 0.500. The van der Waals surface area contributed by atoms with Crippen LogP contribution in [0.3, 0.4) is 0 Å². The molecule has 1 rings (SSSR count). The summed E-state index contributed by atoms with van der Waals surface area (Å²) in [5, 5.41) is 17.2. The van der Waals surface area contributed by atoms with Crippen LogP contribution in [0.25, 0.3) is 0 Å². The summed E-state index contributed by atoms with van der Waals surface area (Å²) in [7, 11) is 0. The molecule has 0 saturated carbocycles. The van der Waals surface area contributed by atoms with Crippen molar-refractivity contribution in [2.24, 2.45) is 11.8 Å². The van der Waals surface area contributed by atoms with Crippen molar-refractivity contribution in [3.63, 3.8) is 0 Å². The molecule has 78 valence electrons. The lowest BCUT2D eigenvalue weighted by Gasteiger charge is -2.11. The number of carbonyl (C=O) groups excluding carboxylic acids is 1. The number of aliphatic carboxylic acids is 2. The van der Waals surface area contributed by atoms with E-state index in [4.69, 9.17) is 10.2 Å². The second-order valence-corrected chi connectivity index (χ2v) is 3.21. The second kappa shape index (κ2) is 3.65. The van der Waals surface area contributed by atoms with Gasteiger partial charge in [-0.2, -0.15) is 0 Å². The minimum atomic E-state index is -1.20. The average Bonchev–Trinajstić information content (AvgIpc) is 2.25. The Bertz CT molecular complexity index is 284. The Morgan fingerprint density at radius 1 is 1.43 bits per heavy atom. The highest BCUT2D eigenvalue weighted by Crippen LogP contribution is 2.30. The zero-order valence-electron chi connectivity index (χ0n) is 7.47. The molecular formula is C8H10O6. The van der Waals surface area contributed by atoms with Crippen LogP contribution in [-0.2, 0) is 19.1 Å². The lowest BCUT2D eigenvalue weighted by Crippen LogP contribution is -2.29. The maximum atomic E-state index is 11.1. The molecule has 0 aromatic rings. The van der Waals surface area contributed by atoms with Crippen molar-refractivity contribution in [2.45, 2.75) is 19.4 Å². The number of hydrogen-bond donors (Lipinski definition) is 2. The van der Waals surface area contributed by atoms with E-state index in [0.717, 1.165) is 0 Å². The molecule has 14 heavy (non-hydrogen) atoms. The number of carboxylic acid groups (broad SMARTS) is 2. The van der Waals surface area contributed by atoms with Gasteiger partial charge < -0.3 is 14.9 Å². The van der Waals surface area contributed by atoms with Gasteiger partial charge in [-0.15, -0.1) is 0 Å². The highest BCUT2D eigenvalue weighted by Gasteiger charge is 2.47. The molecule has 1 aliphatic heterocycles. The van der Waals surface area contributed by atoms with Gasteiger partial charge in [0.15, 0.2) is 0 Å². The van der Waals surface area contributed by atoms with Crippen molar-refractivity contribution in [3.8, 4) is 0 Å². The number of carboxylic acids is 2. The van der Waals surface area contributed by atoms with Crippen LogP contribution >= 0.6 is 0 Å². The molecule has 0 aromatic heterocycles. The van der Waals surface area contributed by atoms with Crippen molar-refractivity contribution in [1.29, 1.82) is 0 Å². The lowest BCUT2D eigenvalue weighted by atomic mass is 9.89. The topological polar surface area (TPSA) is 101 Å². The molecule has 2 N–H and O–H groups in total. The zero-order valence-corrected chi connectivity index (χ0v) is 7.47. The van der Waals surface area contributed by atoms with Crippen LogP contribution in [0.2, 0.25) is 0 Å². The fraction of sp³-hybridized carbons (Fsp3) is 0.625. The van der Waals surface area contributed by atoms with Gasteiger partial charge in [0, 0.05) is 0 Å². The molecule has 0 amide bonds. The third-order valence-electron chi connectivity index (χ3n) is 2.22. The lowest BCUT2D eigenvalue weighted by molar-refractivity contribution is -0.149. The van der Waals surface area contributed by atoms with E-state index in [2.05, 4.69) is 4.74 Å². The average molecular weight is 202 g/mol. The maximum absolute atomic E-state index is 11.1. The molecule has 1 saturated heterocycles. The molecule has 6 nitrogen and oxygen atoms in total. The molecule has 0 aromatic carbocycles. The van der Waals surface area contributed by atoms with E-state index in [1.54, 1.807) is 0 Å². The Morgan fingerprint density at radius 3 is 2.43 bits per heavy atom. The molecule has 1 heterocycles. The van der Waals surface area contributed by atoms with Gasteiger partial charge in [-0.3, -0.25) is 14.4 Å². The quantitative estimate of drug-likeness (QED) is 0.610. The molecule has 1 aliphatic rings. The molecule has 0 bridgehead atoms. The Labute approximate surface area is 79.5 Å². The standard InChI is InChI=1S/C8H10O6/c1-3-6(7(11)12)4(2-5(9)10)8(13)14-3/h3-4,6H,2H2,1H3,(H,9,10)(H,11,12). The molecule has 0 aliphatic carbocycles. The third kappa shape index (κ3) is 1.84. The fourth-order valence-corrected chi connectivity index (χ4v) is 1.59. The monoisotopic (exact) mass is 202 g/mol. The highest BCUT2D eigenvalue weighted by atomic mass is 16.6. The molecule has 0 radical (unpaired) electrons. The summed E-state index contributed by atoms with van der Waals surface area (Å²) in [4.78, 5) is 32.2. The number of carbonyl (C=O) groups is 3. The first-order valence-corrected chi connectivity index (χ1v) is 4.08. The van der Waals surface area contributed by atoms with Gasteiger partial charge in [0.25, 0.3) is 0 Å². The van der Waals surface area contributed by atoms with Gasteiger partial charge in [0.1, 0.15) is 12.0 Å². The van der Waals surface area contributed by atoms with Gasteiger partial charge in [-0.1, -0.05) is 0 Å². The van der Waals surface area contributed by atoms with Gasteiger partial charge in [-0.25, -0.2) is 0 Å². The Balaban J connectivity index is 2.83. The van der Waals surface area contributed by atoms with Gasteiger partial charge in [0.2, 0.25) is 0 Å². The number of esters is 1. The van der Waals surface area contributed by atoms with E-state index in [0.29, 0.717) is 0 Å². The van der Waals surface area contributed by atoms with E-state index in [1.807, 2.05) is 0 Å². The van der Waals surface area contributed by atoms with E-state index >= 15 is 0 Å².